The van der Waals surface area contributed by atoms with E-state index in [1.165, 1.54) is 6.07 Å². The van der Waals surface area contributed by atoms with Crippen molar-refractivity contribution in [2.24, 2.45) is 5.92 Å². The smallest absolute Gasteiger partial charge is 0.163 e. The van der Waals surface area contributed by atoms with Gasteiger partial charge in [0, 0.05) is 11.6 Å². The molecule has 17 heavy (non-hydrogen) atoms. The molecule has 2 unspecified atom stereocenters. The highest BCUT2D eigenvalue weighted by Crippen LogP contribution is 2.19. The van der Waals surface area contributed by atoms with Crippen molar-refractivity contribution in [3.8, 4) is 0 Å². The Hall–Kier alpha value is -0.610. The predicted molar refractivity (Wildman–Crippen MR) is 70.3 cm³/mol. The average Bonchev–Trinajstić information content (AvgIpc) is 2.30. The van der Waals surface area contributed by atoms with Crippen LogP contribution < -0.4 is 5.32 Å². The minimum Gasteiger partial charge on any atom is -0.310 e. The topological polar surface area (TPSA) is 12.0 Å². The van der Waals surface area contributed by atoms with Gasteiger partial charge in [-0.25, -0.2) is 8.78 Å². The number of rotatable bonds is 6. The van der Waals surface area contributed by atoms with Crippen molar-refractivity contribution in [2.75, 3.05) is 18.6 Å². The number of hydrogen-bond donors (Lipinski definition) is 1. The molecule has 0 radical (unpaired) electrons. The van der Waals surface area contributed by atoms with Gasteiger partial charge in [0.1, 0.15) is 0 Å². The molecule has 0 amide bonds. The molecule has 0 aliphatic carbocycles. The van der Waals surface area contributed by atoms with Crippen molar-refractivity contribution in [2.45, 2.75) is 19.9 Å². The minimum absolute atomic E-state index is 0.171. The Morgan fingerprint density at radius 2 is 2.00 bits per heavy atom. The molecule has 1 aromatic rings. The molecule has 0 fully saturated rings. The van der Waals surface area contributed by atoms with Gasteiger partial charge in [0.05, 0.1) is 0 Å². The highest BCUT2D eigenvalue weighted by Gasteiger charge is 2.14. The van der Waals surface area contributed by atoms with E-state index < -0.39 is 11.6 Å². The number of hydrogen-bond acceptors (Lipinski definition) is 2. The van der Waals surface area contributed by atoms with E-state index in [1.54, 1.807) is 17.8 Å². The van der Waals surface area contributed by atoms with E-state index in [-0.39, 0.29) is 6.04 Å². The second-order valence-electron chi connectivity index (χ2n) is 4.33. The van der Waals surface area contributed by atoms with Crippen molar-refractivity contribution >= 4 is 11.8 Å². The molecule has 1 N–H and O–H groups in total. The zero-order valence-corrected chi connectivity index (χ0v) is 11.3. The first-order valence-electron chi connectivity index (χ1n) is 5.72. The molecule has 0 saturated carbocycles. The molecule has 0 heterocycles. The first-order chi connectivity index (χ1) is 8.06. The van der Waals surface area contributed by atoms with Gasteiger partial charge in [-0.15, -0.1) is 0 Å². The van der Waals surface area contributed by atoms with Crippen molar-refractivity contribution < 1.29 is 8.78 Å². The summed E-state index contributed by atoms with van der Waals surface area (Å²) in [6, 6.07) is 4.13. The summed E-state index contributed by atoms with van der Waals surface area (Å²) in [6.07, 6.45) is 2.06. The van der Waals surface area contributed by atoms with E-state index in [2.05, 4.69) is 18.5 Å². The number of thioether (sulfide) groups is 1. The zero-order chi connectivity index (χ0) is 12.8. The maximum atomic E-state index is 13.5. The standard InChI is InChI=1S/C13H19F2NS/c1-9(8-17-3)7-16-10(2)11-5-4-6-12(14)13(11)15/h4-6,9-10,16H,7-8H2,1-3H3. The third-order valence-corrected chi connectivity index (χ3v) is 3.57. The molecule has 1 rings (SSSR count). The Kier molecular flexibility index (Phi) is 5.92. The second-order valence-corrected chi connectivity index (χ2v) is 5.24. The summed E-state index contributed by atoms with van der Waals surface area (Å²) in [7, 11) is 0. The molecule has 96 valence electrons. The highest BCUT2D eigenvalue weighted by atomic mass is 32.2. The summed E-state index contributed by atoms with van der Waals surface area (Å²) in [6.45, 7) is 4.79. The van der Waals surface area contributed by atoms with E-state index in [4.69, 9.17) is 0 Å². The second kappa shape index (κ2) is 6.97. The van der Waals surface area contributed by atoms with Gasteiger partial charge >= 0.3 is 0 Å². The average molecular weight is 259 g/mol. The predicted octanol–water partition coefficient (Wildman–Crippen LogP) is 3.61. The normalized spacial score (nSPS) is 14.6. The van der Waals surface area contributed by atoms with Crippen LogP contribution in [0.3, 0.4) is 0 Å². The van der Waals surface area contributed by atoms with Gasteiger partial charge < -0.3 is 5.32 Å². The van der Waals surface area contributed by atoms with Gasteiger partial charge in [0.25, 0.3) is 0 Å². The lowest BCUT2D eigenvalue weighted by Crippen LogP contribution is -2.26. The quantitative estimate of drug-likeness (QED) is 0.837. The largest absolute Gasteiger partial charge is 0.310 e. The monoisotopic (exact) mass is 259 g/mol. The first kappa shape index (κ1) is 14.5. The number of benzene rings is 1. The Balaban J connectivity index is 2.58. The van der Waals surface area contributed by atoms with Crippen molar-refractivity contribution in [3.05, 3.63) is 35.4 Å². The minimum atomic E-state index is -0.784. The molecule has 0 aliphatic rings. The fraction of sp³-hybridized carbons (Fsp3) is 0.538. The molecular weight excluding hydrogens is 240 g/mol. The van der Waals surface area contributed by atoms with E-state index in [0.29, 0.717) is 11.5 Å². The SMILES string of the molecule is CSCC(C)CNC(C)c1cccc(F)c1F. The molecule has 1 nitrogen and oxygen atoms in total. The van der Waals surface area contributed by atoms with Gasteiger partial charge in [0.2, 0.25) is 0 Å². The number of nitrogens with one attached hydrogen (secondary N) is 1. The summed E-state index contributed by atoms with van der Waals surface area (Å²) in [5.41, 5.74) is 0.390. The van der Waals surface area contributed by atoms with Crippen LogP contribution in [0.2, 0.25) is 0 Å². The van der Waals surface area contributed by atoms with Crippen molar-refractivity contribution in [1.82, 2.24) is 5.32 Å². The zero-order valence-electron chi connectivity index (χ0n) is 10.5. The first-order valence-corrected chi connectivity index (χ1v) is 7.11. The third-order valence-electron chi connectivity index (χ3n) is 2.67. The van der Waals surface area contributed by atoms with Gasteiger partial charge in [-0.2, -0.15) is 11.8 Å². The summed E-state index contributed by atoms with van der Waals surface area (Å²) >= 11 is 1.79. The molecule has 1 aromatic carbocycles. The van der Waals surface area contributed by atoms with Gasteiger partial charge in [-0.05, 0) is 37.5 Å². The van der Waals surface area contributed by atoms with Gasteiger partial charge in [0.15, 0.2) is 11.6 Å². The molecule has 4 heteroatoms. The van der Waals surface area contributed by atoms with Crippen molar-refractivity contribution in [1.29, 1.82) is 0 Å². The number of halogens is 2. The van der Waals surface area contributed by atoms with Crippen LogP contribution in [-0.2, 0) is 0 Å². The third kappa shape index (κ3) is 4.28. The summed E-state index contributed by atoms with van der Waals surface area (Å²) in [4.78, 5) is 0. The fourth-order valence-electron chi connectivity index (χ4n) is 1.69. The Morgan fingerprint density at radius 3 is 2.65 bits per heavy atom. The molecule has 0 aliphatic heterocycles. The van der Waals surface area contributed by atoms with Gasteiger partial charge in [-0.3, -0.25) is 0 Å². The molecule has 0 spiro atoms. The lowest BCUT2D eigenvalue weighted by Gasteiger charge is -2.18. The van der Waals surface area contributed by atoms with Crippen LogP contribution >= 0.6 is 11.8 Å². The van der Waals surface area contributed by atoms with Crippen molar-refractivity contribution in [3.63, 3.8) is 0 Å². The highest BCUT2D eigenvalue weighted by molar-refractivity contribution is 7.98. The van der Waals surface area contributed by atoms with Crippen LogP contribution in [0.15, 0.2) is 18.2 Å². The molecule has 2 atom stereocenters. The van der Waals surface area contributed by atoms with E-state index in [9.17, 15) is 8.78 Å². The van der Waals surface area contributed by atoms with Crippen LogP contribution in [0.4, 0.5) is 8.78 Å². The van der Waals surface area contributed by atoms with Crippen LogP contribution in [0.25, 0.3) is 0 Å². The fourth-order valence-corrected chi connectivity index (χ4v) is 2.37. The van der Waals surface area contributed by atoms with Crippen LogP contribution in [-0.4, -0.2) is 18.6 Å². The van der Waals surface area contributed by atoms with E-state index >= 15 is 0 Å². The van der Waals surface area contributed by atoms with E-state index in [0.717, 1.165) is 18.4 Å². The maximum Gasteiger partial charge on any atom is 0.163 e. The lowest BCUT2D eigenvalue weighted by molar-refractivity contribution is 0.456. The van der Waals surface area contributed by atoms with Crippen LogP contribution in [0.1, 0.15) is 25.5 Å². The lowest BCUT2D eigenvalue weighted by atomic mass is 10.1. The Morgan fingerprint density at radius 1 is 1.29 bits per heavy atom. The molecule has 0 aromatic heterocycles. The Labute approximate surface area is 106 Å². The summed E-state index contributed by atoms with van der Waals surface area (Å²) in [5, 5.41) is 3.23. The Bertz CT molecular complexity index is 357. The molecule has 0 saturated heterocycles. The van der Waals surface area contributed by atoms with Crippen LogP contribution in [0, 0.1) is 17.6 Å². The molecule has 0 bridgehead atoms. The molecular formula is C13H19F2NS. The summed E-state index contributed by atoms with van der Waals surface area (Å²) in [5.74, 6) is 0.0492. The van der Waals surface area contributed by atoms with Gasteiger partial charge in [-0.1, -0.05) is 19.1 Å². The van der Waals surface area contributed by atoms with Crippen LogP contribution in [0.5, 0.6) is 0 Å². The van der Waals surface area contributed by atoms with E-state index in [1.807, 2.05) is 6.92 Å². The summed E-state index contributed by atoms with van der Waals surface area (Å²) < 4.78 is 26.6. The maximum absolute atomic E-state index is 13.5.